The van der Waals surface area contributed by atoms with Gasteiger partial charge in [-0.1, -0.05) is 24.6 Å². The fourth-order valence-electron chi connectivity index (χ4n) is 2.55. The van der Waals surface area contributed by atoms with Gasteiger partial charge in [0.25, 0.3) is 0 Å². The second-order valence-corrected chi connectivity index (χ2v) is 4.84. The molecule has 2 unspecified atom stereocenters. The van der Waals surface area contributed by atoms with Gasteiger partial charge in [-0.05, 0) is 31.4 Å². The first kappa shape index (κ1) is 11.5. The minimum Gasteiger partial charge on any atom is -0.485 e. The van der Waals surface area contributed by atoms with Crippen LogP contribution < -0.4 is 4.74 Å². The Balaban J connectivity index is 1.90. The Bertz CT molecular complexity index is 536. The lowest BCUT2D eigenvalue weighted by Gasteiger charge is -2.28. The monoisotopic (exact) mass is 243 g/mol. The summed E-state index contributed by atoms with van der Waals surface area (Å²) >= 11 is 0. The van der Waals surface area contributed by atoms with Crippen LogP contribution in [0.3, 0.4) is 0 Å². The SMILES string of the molecule is OC1CCCCC1Oc1cccc2cccnc12. The van der Waals surface area contributed by atoms with Crippen LogP contribution in [0.2, 0.25) is 0 Å². The number of pyridine rings is 1. The number of aromatic nitrogens is 1. The van der Waals surface area contributed by atoms with Crippen LogP contribution in [-0.4, -0.2) is 22.3 Å². The summed E-state index contributed by atoms with van der Waals surface area (Å²) < 4.78 is 5.97. The van der Waals surface area contributed by atoms with Crippen LogP contribution in [-0.2, 0) is 0 Å². The molecule has 1 aromatic heterocycles. The Morgan fingerprint density at radius 1 is 1.11 bits per heavy atom. The van der Waals surface area contributed by atoms with Crippen LogP contribution in [0.15, 0.2) is 36.5 Å². The maximum atomic E-state index is 9.96. The van der Waals surface area contributed by atoms with E-state index in [-0.39, 0.29) is 12.2 Å². The molecule has 0 spiro atoms. The first-order valence-electron chi connectivity index (χ1n) is 6.53. The fourth-order valence-corrected chi connectivity index (χ4v) is 2.55. The molecule has 0 amide bonds. The normalized spacial score (nSPS) is 24.1. The quantitative estimate of drug-likeness (QED) is 0.881. The number of benzene rings is 1. The summed E-state index contributed by atoms with van der Waals surface area (Å²) in [6.45, 7) is 0. The zero-order chi connectivity index (χ0) is 12.4. The van der Waals surface area contributed by atoms with Gasteiger partial charge in [-0.3, -0.25) is 4.98 Å². The third-order valence-corrected chi connectivity index (χ3v) is 3.54. The maximum Gasteiger partial charge on any atom is 0.146 e. The molecule has 1 heterocycles. The van der Waals surface area contributed by atoms with Crippen molar-refractivity contribution in [2.24, 2.45) is 0 Å². The van der Waals surface area contributed by atoms with Gasteiger partial charge in [-0.2, -0.15) is 0 Å². The molecular weight excluding hydrogens is 226 g/mol. The van der Waals surface area contributed by atoms with Crippen molar-refractivity contribution in [1.29, 1.82) is 0 Å². The average molecular weight is 243 g/mol. The molecule has 2 atom stereocenters. The highest BCUT2D eigenvalue weighted by atomic mass is 16.5. The summed E-state index contributed by atoms with van der Waals surface area (Å²) in [5.74, 6) is 0.777. The molecule has 1 saturated carbocycles. The van der Waals surface area contributed by atoms with E-state index in [1.165, 1.54) is 0 Å². The number of rotatable bonds is 2. The van der Waals surface area contributed by atoms with Crippen LogP contribution in [0.25, 0.3) is 10.9 Å². The predicted molar refractivity (Wildman–Crippen MR) is 70.6 cm³/mol. The van der Waals surface area contributed by atoms with Gasteiger partial charge in [0.1, 0.15) is 17.4 Å². The number of hydrogen-bond donors (Lipinski definition) is 1. The van der Waals surface area contributed by atoms with E-state index in [0.717, 1.165) is 42.3 Å². The molecule has 0 saturated heterocycles. The molecular formula is C15H17NO2. The minimum absolute atomic E-state index is 0.0913. The molecule has 1 aliphatic carbocycles. The van der Waals surface area contributed by atoms with Crippen LogP contribution in [0, 0.1) is 0 Å². The van der Waals surface area contributed by atoms with E-state index in [0.29, 0.717) is 0 Å². The van der Waals surface area contributed by atoms with Crippen molar-refractivity contribution in [2.75, 3.05) is 0 Å². The van der Waals surface area contributed by atoms with Gasteiger partial charge in [-0.15, -0.1) is 0 Å². The third kappa shape index (κ3) is 2.18. The summed E-state index contributed by atoms with van der Waals surface area (Å²) in [5, 5.41) is 11.0. The van der Waals surface area contributed by atoms with Crippen molar-refractivity contribution in [3.63, 3.8) is 0 Å². The summed E-state index contributed by atoms with van der Waals surface area (Å²) in [6.07, 6.45) is 5.30. The van der Waals surface area contributed by atoms with Gasteiger partial charge >= 0.3 is 0 Å². The van der Waals surface area contributed by atoms with Crippen molar-refractivity contribution in [3.8, 4) is 5.75 Å². The lowest BCUT2D eigenvalue weighted by Crippen LogP contribution is -2.34. The Morgan fingerprint density at radius 2 is 1.94 bits per heavy atom. The zero-order valence-electron chi connectivity index (χ0n) is 10.2. The lowest BCUT2D eigenvalue weighted by molar-refractivity contribution is 0.00759. The van der Waals surface area contributed by atoms with Crippen molar-refractivity contribution in [3.05, 3.63) is 36.5 Å². The van der Waals surface area contributed by atoms with E-state index in [1.807, 2.05) is 30.3 Å². The molecule has 1 aliphatic rings. The molecule has 1 N–H and O–H groups in total. The number of para-hydroxylation sites is 1. The number of fused-ring (bicyclic) bond motifs is 1. The highest BCUT2D eigenvalue weighted by Crippen LogP contribution is 2.28. The predicted octanol–water partition coefficient (Wildman–Crippen LogP) is 2.92. The number of ether oxygens (including phenoxy) is 1. The summed E-state index contributed by atoms with van der Waals surface area (Å²) in [6, 6.07) is 9.85. The molecule has 3 heteroatoms. The lowest BCUT2D eigenvalue weighted by atomic mass is 9.95. The average Bonchev–Trinajstić information content (AvgIpc) is 2.42. The van der Waals surface area contributed by atoms with Gasteiger partial charge in [-0.25, -0.2) is 0 Å². The molecule has 3 nitrogen and oxygen atoms in total. The molecule has 0 aliphatic heterocycles. The Hall–Kier alpha value is -1.61. The summed E-state index contributed by atoms with van der Waals surface area (Å²) in [4.78, 5) is 4.37. The molecule has 1 fully saturated rings. The second kappa shape index (κ2) is 4.94. The van der Waals surface area contributed by atoms with E-state index in [4.69, 9.17) is 4.74 Å². The standard InChI is InChI=1S/C15H17NO2/c17-12-7-1-2-8-13(12)18-14-9-3-5-11-6-4-10-16-15(11)14/h3-6,9-10,12-13,17H,1-2,7-8H2. The van der Waals surface area contributed by atoms with Crippen LogP contribution >= 0.6 is 0 Å². The van der Waals surface area contributed by atoms with E-state index < -0.39 is 0 Å². The van der Waals surface area contributed by atoms with Gasteiger partial charge in [0.15, 0.2) is 0 Å². The second-order valence-electron chi connectivity index (χ2n) is 4.84. The van der Waals surface area contributed by atoms with E-state index in [9.17, 15) is 5.11 Å². The van der Waals surface area contributed by atoms with Gasteiger partial charge in [0.2, 0.25) is 0 Å². The zero-order valence-corrected chi connectivity index (χ0v) is 10.2. The highest BCUT2D eigenvalue weighted by molar-refractivity contribution is 5.84. The third-order valence-electron chi connectivity index (χ3n) is 3.54. The van der Waals surface area contributed by atoms with Crippen molar-refractivity contribution in [2.45, 2.75) is 37.9 Å². The number of aliphatic hydroxyl groups is 1. The Kier molecular flexibility index (Phi) is 3.15. The first-order valence-corrected chi connectivity index (χ1v) is 6.53. The number of hydrogen-bond acceptors (Lipinski definition) is 3. The highest BCUT2D eigenvalue weighted by Gasteiger charge is 2.25. The van der Waals surface area contributed by atoms with Gasteiger partial charge in [0, 0.05) is 11.6 Å². The van der Waals surface area contributed by atoms with Crippen molar-refractivity contribution in [1.82, 2.24) is 4.98 Å². The van der Waals surface area contributed by atoms with E-state index in [1.54, 1.807) is 6.20 Å². The Labute approximate surface area is 106 Å². The summed E-state index contributed by atoms with van der Waals surface area (Å²) in [5.41, 5.74) is 0.873. The van der Waals surface area contributed by atoms with E-state index in [2.05, 4.69) is 4.98 Å². The smallest absolute Gasteiger partial charge is 0.146 e. The summed E-state index contributed by atoms with van der Waals surface area (Å²) in [7, 11) is 0. The largest absolute Gasteiger partial charge is 0.485 e. The van der Waals surface area contributed by atoms with Crippen molar-refractivity contribution >= 4 is 10.9 Å². The number of aliphatic hydroxyl groups excluding tert-OH is 1. The molecule has 18 heavy (non-hydrogen) atoms. The Morgan fingerprint density at radius 3 is 2.83 bits per heavy atom. The molecule has 1 aromatic carbocycles. The molecule has 0 bridgehead atoms. The molecule has 0 radical (unpaired) electrons. The van der Waals surface area contributed by atoms with E-state index >= 15 is 0 Å². The van der Waals surface area contributed by atoms with Crippen LogP contribution in [0.1, 0.15) is 25.7 Å². The first-order chi connectivity index (χ1) is 8.84. The van der Waals surface area contributed by atoms with Gasteiger partial charge < -0.3 is 9.84 Å². The molecule has 3 rings (SSSR count). The van der Waals surface area contributed by atoms with Crippen LogP contribution in [0.5, 0.6) is 5.75 Å². The topological polar surface area (TPSA) is 42.4 Å². The number of nitrogens with zero attached hydrogens (tertiary/aromatic N) is 1. The van der Waals surface area contributed by atoms with Crippen LogP contribution in [0.4, 0.5) is 0 Å². The maximum absolute atomic E-state index is 9.96. The minimum atomic E-state index is -0.349. The van der Waals surface area contributed by atoms with Gasteiger partial charge in [0.05, 0.1) is 6.10 Å². The molecule has 2 aromatic rings. The molecule has 94 valence electrons. The fraction of sp³-hybridized carbons (Fsp3) is 0.400. The van der Waals surface area contributed by atoms with Crippen molar-refractivity contribution < 1.29 is 9.84 Å².